The molecule has 0 radical (unpaired) electrons. The summed E-state index contributed by atoms with van der Waals surface area (Å²) in [6, 6.07) is 7.19. The van der Waals surface area contributed by atoms with Crippen molar-refractivity contribution < 1.29 is 14.6 Å². The van der Waals surface area contributed by atoms with E-state index in [9.17, 15) is 4.79 Å². The fourth-order valence-electron chi connectivity index (χ4n) is 1.81. The van der Waals surface area contributed by atoms with Crippen molar-refractivity contribution in [3.63, 3.8) is 0 Å². The van der Waals surface area contributed by atoms with E-state index in [1.165, 1.54) is 0 Å². The molecule has 1 aromatic rings. The van der Waals surface area contributed by atoms with Gasteiger partial charge in [-0.05, 0) is 37.2 Å². The molecule has 0 aliphatic heterocycles. The maximum Gasteiger partial charge on any atom is 0.238 e. The fourth-order valence-corrected chi connectivity index (χ4v) is 1.81. The first-order chi connectivity index (χ1) is 9.19. The van der Waals surface area contributed by atoms with Crippen LogP contribution >= 0.6 is 0 Å². The highest BCUT2D eigenvalue weighted by atomic mass is 16.5. The first-order valence-electron chi connectivity index (χ1n) is 6.46. The van der Waals surface area contributed by atoms with Crippen molar-refractivity contribution in [2.75, 3.05) is 38.7 Å². The molecule has 0 heterocycles. The molecule has 0 fully saturated rings. The van der Waals surface area contributed by atoms with E-state index in [2.05, 4.69) is 5.32 Å². The van der Waals surface area contributed by atoms with Crippen molar-refractivity contribution in [1.29, 1.82) is 0 Å². The lowest BCUT2D eigenvalue weighted by molar-refractivity contribution is -0.117. The Balaban J connectivity index is 2.48. The minimum atomic E-state index is -0.0768. The summed E-state index contributed by atoms with van der Waals surface area (Å²) < 4.78 is 5.05. The Hall–Kier alpha value is -1.59. The highest BCUT2D eigenvalue weighted by Crippen LogP contribution is 2.14. The first kappa shape index (κ1) is 15.5. The van der Waals surface area contributed by atoms with Gasteiger partial charge in [0.05, 0.1) is 20.3 Å². The highest BCUT2D eigenvalue weighted by Gasteiger charge is 2.09. The lowest BCUT2D eigenvalue weighted by Gasteiger charge is -2.19. The number of methoxy groups -OCH3 is 1. The SMILES string of the molecule is CCCN(CCO)CC(=O)Nc1ccc(OC)cc1. The molecule has 0 spiro atoms. The Morgan fingerprint density at radius 1 is 1.32 bits per heavy atom. The first-order valence-corrected chi connectivity index (χ1v) is 6.46. The van der Waals surface area contributed by atoms with Crippen LogP contribution in [0.2, 0.25) is 0 Å². The van der Waals surface area contributed by atoms with Gasteiger partial charge in [-0.1, -0.05) is 6.92 Å². The molecule has 106 valence electrons. The average Bonchev–Trinajstić information content (AvgIpc) is 2.40. The average molecular weight is 266 g/mol. The molecule has 0 bridgehead atoms. The third-order valence-corrected chi connectivity index (χ3v) is 2.70. The second-order valence-electron chi connectivity index (χ2n) is 4.28. The van der Waals surface area contributed by atoms with Gasteiger partial charge in [0.25, 0.3) is 0 Å². The standard InChI is InChI=1S/C14H22N2O3/c1-3-8-16(9-10-17)11-14(18)15-12-4-6-13(19-2)7-5-12/h4-7,17H,3,8-11H2,1-2H3,(H,15,18). The van der Waals surface area contributed by atoms with Crippen molar-refractivity contribution in [3.05, 3.63) is 24.3 Å². The number of aliphatic hydroxyl groups excluding tert-OH is 1. The summed E-state index contributed by atoms with van der Waals surface area (Å²) in [5, 5.41) is 11.8. The summed E-state index contributed by atoms with van der Waals surface area (Å²) in [4.78, 5) is 13.8. The maximum absolute atomic E-state index is 11.9. The summed E-state index contributed by atoms with van der Waals surface area (Å²) in [7, 11) is 1.60. The number of rotatable bonds is 8. The van der Waals surface area contributed by atoms with Crippen LogP contribution < -0.4 is 10.1 Å². The van der Waals surface area contributed by atoms with E-state index in [0.717, 1.165) is 24.4 Å². The van der Waals surface area contributed by atoms with Crippen molar-refractivity contribution in [3.8, 4) is 5.75 Å². The Morgan fingerprint density at radius 3 is 2.53 bits per heavy atom. The quantitative estimate of drug-likeness (QED) is 0.745. The molecule has 5 nitrogen and oxygen atoms in total. The molecule has 0 aliphatic carbocycles. The maximum atomic E-state index is 11.9. The van der Waals surface area contributed by atoms with Gasteiger partial charge in [0.2, 0.25) is 5.91 Å². The number of nitrogens with one attached hydrogen (secondary N) is 1. The summed E-state index contributed by atoms with van der Waals surface area (Å²) in [6.07, 6.45) is 0.954. The van der Waals surface area contributed by atoms with E-state index in [1.54, 1.807) is 31.4 Å². The number of ether oxygens (including phenoxy) is 1. The zero-order valence-corrected chi connectivity index (χ0v) is 11.6. The molecule has 0 saturated heterocycles. The molecule has 0 aliphatic rings. The van der Waals surface area contributed by atoms with E-state index >= 15 is 0 Å². The van der Waals surface area contributed by atoms with Gasteiger partial charge in [0.15, 0.2) is 0 Å². The lowest BCUT2D eigenvalue weighted by atomic mass is 10.3. The number of anilines is 1. The van der Waals surface area contributed by atoms with Crippen LogP contribution in [-0.2, 0) is 4.79 Å². The monoisotopic (exact) mass is 266 g/mol. The Labute approximate surface area is 114 Å². The van der Waals surface area contributed by atoms with E-state index in [4.69, 9.17) is 9.84 Å². The zero-order valence-electron chi connectivity index (χ0n) is 11.6. The third-order valence-electron chi connectivity index (χ3n) is 2.70. The van der Waals surface area contributed by atoms with Crippen LogP contribution in [0.5, 0.6) is 5.75 Å². The fraction of sp³-hybridized carbons (Fsp3) is 0.500. The number of hydrogen-bond acceptors (Lipinski definition) is 4. The summed E-state index contributed by atoms with van der Waals surface area (Å²) in [5.74, 6) is 0.679. The number of nitrogens with zero attached hydrogens (tertiary/aromatic N) is 1. The van der Waals surface area contributed by atoms with E-state index in [0.29, 0.717) is 13.1 Å². The molecular weight excluding hydrogens is 244 g/mol. The van der Waals surface area contributed by atoms with Crippen molar-refractivity contribution in [1.82, 2.24) is 4.90 Å². The van der Waals surface area contributed by atoms with E-state index in [-0.39, 0.29) is 12.5 Å². The molecule has 0 aromatic heterocycles. The van der Waals surface area contributed by atoms with Gasteiger partial charge in [-0.2, -0.15) is 0 Å². The summed E-state index contributed by atoms with van der Waals surface area (Å²) in [6.45, 7) is 3.72. The van der Waals surface area contributed by atoms with Crippen LogP contribution in [0.1, 0.15) is 13.3 Å². The van der Waals surface area contributed by atoms with E-state index < -0.39 is 0 Å². The molecule has 5 heteroatoms. The predicted molar refractivity (Wildman–Crippen MR) is 75.4 cm³/mol. The van der Waals surface area contributed by atoms with Crippen LogP contribution in [0.4, 0.5) is 5.69 Å². The van der Waals surface area contributed by atoms with Crippen molar-refractivity contribution in [2.24, 2.45) is 0 Å². The number of aliphatic hydroxyl groups is 1. The smallest absolute Gasteiger partial charge is 0.238 e. The zero-order chi connectivity index (χ0) is 14.1. The minimum absolute atomic E-state index is 0.0653. The van der Waals surface area contributed by atoms with Crippen molar-refractivity contribution >= 4 is 11.6 Å². The van der Waals surface area contributed by atoms with E-state index in [1.807, 2.05) is 11.8 Å². The second-order valence-corrected chi connectivity index (χ2v) is 4.28. The van der Waals surface area contributed by atoms with Gasteiger partial charge in [-0.3, -0.25) is 9.69 Å². The normalized spacial score (nSPS) is 10.5. The number of hydrogen-bond donors (Lipinski definition) is 2. The summed E-state index contributed by atoms with van der Waals surface area (Å²) >= 11 is 0. The number of amides is 1. The van der Waals surface area contributed by atoms with Crippen molar-refractivity contribution in [2.45, 2.75) is 13.3 Å². The van der Waals surface area contributed by atoms with Gasteiger partial charge in [-0.15, -0.1) is 0 Å². The molecule has 1 rings (SSSR count). The topological polar surface area (TPSA) is 61.8 Å². The third kappa shape index (κ3) is 5.72. The molecule has 1 amide bonds. The summed E-state index contributed by atoms with van der Waals surface area (Å²) in [5.41, 5.74) is 0.742. The molecule has 0 atom stereocenters. The number of benzene rings is 1. The van der Waals surface area contributed by atoms with Crippen LogP contribution in [0, 0.1) is 0 Å². The second kappa shape index (κ2) is 8.50. The molecule has 1 aromatic carbocycles. The van der Waals surface area contributed by atoms with Crippen LogP contribution in [0.15, 0.2) is 24.3 Å². The van der Waals surface area contributed by atoms with Gasteiger partial charge in [-0.25, -0.2) is 0 Å². The van der Waals surface area contributed by atoms with Gasteiger partial charge < -0.3 is 15.2 Å². The lowest BCUT2D eigenvalue weighted by Crippen LogP contribution is -2.35. The predicted octanol–water partition coefficient (Wildman–Crippen LogP) is 1.34. The minimum Gasteiger partial charge on any atom is -0.497 e. The van der Waals surface area contributed by atoms with Gasteiger partial charge >= 0.3 is 0 Å². The van der Waals surface area contributed by atoms with Gasteiger partial charge in [0.1, 0.15) is 5.75 Å². The Kier molecular flexibility index (Phi) is 6.92. The van der Waals surface area contributed by atoms with Crippen LogP contribution in [0.3, 0.4) is 0 Å². The molecule has 19 heavy (non-hydrogen) atoms. The molecular formula is C14H22N2O3. The highest BCUT2D eigenvalue weighted by molar-refractivity contribution is 5.92. The molecule has 0 saturated carbocycles. The molecule has 2 N–H and O–H groups in total. The van der Waals surface area contributed by atoms with Gasteiger partial charge in [0, 0.05) is 12.2 Å². The Morgan fingerprint density at radius 2 is 2.00 bits per heavy atom. The number of carbonyl (C=O) groups excluding carboxylic acids is 1. The number of carbonyl (C=O) groups is 1. The van der Waals surface area contributed by atoms with Crippen LogP contribution in [-0.4, -0.2) is 49.3 Å². The molecule has 0 unspecified atom stereocenters. The Bertz CT molecular complexity index is 373. The van der Waals surface area contributed by atoms with Crippen LogP contribution in [0.25, 0.3) is 0 Å². The largest absolute Gasteiger partial charge is 0.497 e.